The van der Waals surface area contributed by atoms with E-state index in [0.29, 0.717) is 12.0 Å². The Balaban J connectivity index is 1.79. The smallest absolute Gasteiger partial charge is 0.107 e. The second-order valence-electron chi connectivity index (χ2n) is 7.13. The van der Waals surface area contributed by atoms with Crippen LogP contribution in [0.1, 0.15) is 74.4 Å². The van der Waals surface area contributed by atoms with Crippen molar-refractivity contribution in [2.24, 2.45) is 5.73 Å². The second-order valence-corrected chi connectivity index (χ2v) is 8.22. The Hall–Kier alpha value is -0.450. The van der Waals surface area contributed by atoms with E-state index in [1.165, 1.54) is 54.2 Å². The molecule has 1 aromatic rings. The van der Waals surface area contributed by atoms with Crippen LogP contribution in [-0.4, -0.2) is 22.5 Å². The molecule has 0 spiro atoms. The van der Waals surface area contributed by atoms with Crippen LogP contribution in [0.3, 0.4) is 0 Å². The third-order valence-corrected chi connectivity index (χ3v) is 5.92. The second kappa shape index (κ2) is 5.39. The van der Waals surface area contributed by atoms with Crippen LogP contribution in [0.5, 0.6) is 0 Å². The van der Waals surface area contributed by atoms with E-state index in [-0.39, 0.29) is 5.54 Å². The lowest BCUT2D eigenvalue weighted by molar-refractivity contribution is 0.152. The highest BCUT2D eigenvalue weighted by Crippen LogP contribution is 2.45. The number of nitrogens with zero attached hydrogens (tertiary/aromatic N) is 2. The van der Waals surface area contributed by atoms with E-state index in [0.717, 1.165) is 6.54 Å². The molecule has 3 nitrogen and oxygen atoms in total. The minimum absolute atomic E-state index is 0.249. The summed E-state index contributed by atoms with van der Waals surface area (Å²) in [6.45, 7) is 8.81. The van der Waals surface area contributed by atoms with Crippen molar-refractivity contribution >= 4 is 11.3 Å². The van der Waals surface area contributed by atoms with E-state index in [1.807, 2.05) is 11.3 Å². The lowest BCUT2D eigenvalue weighted by Gasteiger charge is -2.32. The maximum atomic E-state index is 6.35. The van der Waals surface area contributed by atoms with Gasteiger partial charge in [0.25, 0.3) is 0 Å². The molecular formula is C16H27N3S. The van der Waals surface area contributed by atoms with Gasteiger partial charge in [0, 0.05) is 22.4 Å². The van der Waals surface area contributed by atoms with Crippen molar-refractivity contribution in [3.63, 3.8) is 0 Å². The van der Waals surface area contributed by atoms with Crippen LogP contribution < -0.4 is 5.73 Å². The molecule has 2 fully saturated rings. The van der Waals surface area contributed by atoms with E-state index in [9.17, 15) is 0 Å². The van der Waals surface area contributed by atoms with Gasteiger partial charge in [0.05, 0.1) is 12.2 Å². The molecule has 0 radical (unpaired) electrons. The van der Waals surface area contributed by atoms with Gasteiger partial charge in [-0.2, -0.15) is 0 Å². The zero-order valence-corrected chi connectivity index (χ0v) is 13.8. The summed E-state index contributed by atoms with van der Waals surface area (Å²) >= 11 is 1.85. The van der Waals surface area contributed by atoms with Gasteiger partial charge in [-0.1, -0.05) is 6.42 Å². The molecule has 1 unspecified atom stereocenters. The molecule has 20 heavy (non-hydrogen) atoms. The minimum atomic E-state index is -0.249. The molecule has 1 saturated carbocycles. The molecule has 1 saturated heterocycles. The highest BCUT2D eigenvalue weighted by atomic mass is 32.1. The van der Waals surface area contributed by atoms with Crippen LogP contribution in [0.2, 0.25) is 0 Å². The number of likely N-dealkylation sites (tertiary alicyclic amines) is 1. The number of thiazole rings is 1. The Morgan fingerprint density at radius 2 is 2.05 bits per heavy atom. The van der Waals surface area contributed by atoms with Crippen LogP contribution in [0.25, 0.3) is 0 Å². The molecule has 0 amide bonds. The highest BCUT2D eigenvalue weighted by molar-refractivity contribution is 7.11. The van der Waals surface area contributed by atoms with Gasteiger partial charge in [-0.15, -0.1) is 11.3 Å². The van der Waals surface area contributed by atoms with Gasteiger partial charge in [-0.25, -0.2) is 4.98 Å². The van der Waals surface area contributed by atoms with Gasteiger partial charge >= 0.3 is 0 Å². The summed E-state index contributed by atoms with van der Waals surface area (Å²) < 4.78 is 0. The maximum Gasteiger partial charge on any atom is 0.107 e. The number of rotatable bonds is 4. The molecular weight excluding hydrogens is 266 g/mol. The molecule has 2 heterocycles. The first-order valence-corrected chi connectivity index (χ1v) is 8.80. The molecule has 2 aliphatic rings. The summed E-state index contributed by atoms with van der Waals surface area (Å²) in [6, 6.07) is 0.700. The van der Waals surface area contributed by atoms with Crippen molar-refractivity contribution in [2.45, 2.75) is 76.9 Å². The SMILES string of the molecule is CC1CCCCN1Cc1nc(C2CC2)c(C(C)(C)N)s1. The molecule has 1 aromatic heterocycles. The fourth-order valence-electron chi connectivity index (χ4n) is 3.11. The highest BCUT2D eigenvalue weighted by Gasteiger charge is 2.34. The molecule has 0 aromatic carbocycles. The summed E-state index contributed by atoms with van der Waals surface area (Å²) in [5.41, 5.74) is 7.41. The van der Waals surface area contributed by atoms with Crippen molar-refractivity contribution in [2.75, 3.05) is 6.54 Å². The van der Waals surface area contributed by atoms with Gasteiger partial charge in [0.1, 0.15) is 5.01 Å². The van der Waals surface area contributed by atoms with Gasteiger partial charge in [0.15, 0.2) is 0 Å². The summed E-state index contributed by atoms with van der Waals surface area (Å²) in [5.74, 6) is 0.691. The first-order valence-electron chi connectivity index (χ1n) is 7.98. The summed E-state index contributed by atoms with van der Waals surface area (Å²) in [6.07, 6.45) is 6.64. The Morgan fingerprint density at radius 3 is 2.65 bits per heavy atom. The molecule has 1 atom stereocenters. The van der Waals surface area contributed by atoms with Gasteiger partial charge in [-0.3, -0.25) is 4.90 Å². The van der Waals surface area contributed by atoms with Crippen LogP contribution in [0.15, 0.2) is 0 Å². The van der Waals surface area contributed by atoms with E-state index >= 15 is 0 Å². The first-order chi connectivity index (χ1) is 9.45. The van der Waals surface area contributed by atoms with Crippen LogP contribution in [-0.2, 0) is 12.1 Å². The van der Waals surface area contributed by atoms with Gasteiger partial charge < -0.3 is 5.73 Å². The van der Waals surface area contributed by atoms with E-state index in [2.05, 4.69) is 25.7 Å². The molecule has 4 heteroatoms. The normalized spacial score (nSPS) is 25.1. The Kier molecular flexibility index (Phi) is 3.91. The number of hydrogen-bond acceptors (Lipinski definition) is 4. The lowest BCUT2D eigenvalue weighted by Crippen LogP contribution is -2.36. The van der Waals surface area contributed by atoms with Crippen molar-refractivity contribution < 1.29 is 0 Å². The summed E-state index contributed by atoms with van der Waals surface area (Å²) in [4.78, 5) is 8.87. The zero-order chi connectivity index (χ0) is 14.3. The fraction of sp³-hybridized carbons (Fsp3) is 0.812. The van der Waals surface area contributed by atoms with Crippen LogP contribution in [0.4, 0.5) is 0 Å². The van der Waals surface area contributed by atoms with Crippen molar-refractivity contribution in [1.29, 1.82) is 0 Å². The van der Waals surface area contributed by atoms with E-state index in [4.69, 9.17) is 10.7 Å². The summed E-state index contributed by atoms with van der Waals surface area (Å²) in [7, 11) is 0. The molecule has 2 N–H and O–H groups in total. The lowest BCUT2D eigenvalue weighted by atomic mass is 10.0. The molecule has 112 valence electrons. The summed E-state index contributed by atoms with van der Waals surface area (Å²) in [5, 5.41) is 1.27. The monoisotopic (exact) mass is 293 g/mol. The van der Waals surface area contributed by atoms with Crippen molar-refractivity contribution in [3.8, 4) is 0 Å². The Labute approximate surface area is 126 Å². The van der Waals surface area contributed by atoms with E-state index in [1.54, 1.807) is 0 Å². The van der Waals surface area contributed by atoms with Crippen LogP contribution in [0, 0.1) is 0 Å². The molecule has 0 bridgehead atoms. The molecule has 1 aliphatic carbocycles. The van der Waals surface area contributed by atoms with Crippen molar-refractivity contribution in [1.82, 2.24) is 9.88 Å². The topological polar surface area (TPSA) is 42.2 Å². The third-order valence-electron chi connectivity index (χ3n) is 4.53. The minimum Gasteiger partial charge on any atom is -0.321 e. The number of nitrogens with two attached hydrogens (primary N) is 1. The number of hydrogen-bond donors (Lipinski definition) is 1. The predicted octanol–water partition coefficient (Wildman–Crippen LogP) is 3.59. The first kappa shape index (κ1) is 14.5. The van der Waals surface area contributed by atoms with Crippen molar-refractivity contribution in [3.05, 3.63) is 15.6 Å². The Morgan fingerprint density at radius 1 is 1.30 bits per heavy atom. The Bertz CT molecular complexity index is 471. The standard InChI is InChI=1S/C16H27N3S/c1-11-6-4-5-9-19(11)10-13-18-14(12-7-8-12)15(20-13)16(2,3)17/h11-12H,4-10,17H2,1-3H3. The van der Waals surface area contributed by atoms with Gasteiger partial charge in [0.2, 0.25) is 0 Å². The largest absolute Gasteiger partial charge is 0.321 e. The quantitative estimate of drug-likeness (QED) is 0.922. The molecule has 3 rings (SSSR count). The maximum absolute atomic E-state index is 6.35. The van der Waals surface area contributed by atoms with E-state index < -0.39 is 0 Å². The fourth-order valence-corrected chi connectivity index (χ4v) is 4.30. The number of piperidine rings is 1. The molecule has 1 aliphatic heterocycles. The third kappa shape index (κ3) is 3.07. The number of aromatic nitrogens is 1. The van der Waals surface area contributed by atoms with Gasteiger partial charge in [-0.05, 0) is 53.0 Å². The van der Waals surface area contributed by atoms with Crippen LogP contribution >= 0.6 is 11.3 Å². The average Bonchev–Trinajstić information content (AvgIpc) is 3.12. The zero-order valence-electron chi connectivity index (χ0n) is 13.0. The average molecular weight is 293 g/mol. The predicted molar refractivity (Wildman–Crippen MR) is 85.0 cm³/mol.